The SMILES string of the molecule is c1ccc(-c2cccc3oc4c(ccc5cccc(N(c6ccc(-c7cc8ccccc8c8ccccc78)cc6)c6ccc(-n7c8ccccc8c8ccccc87)cc6)c54)c23)cc1. The lowest BCUT2D eigenvalue weighted by atomic mass is 9.93. The van der Waals surface area contributed by atoms with Crippen molar-refractivity contribution in [3.05, 3.63) is 231 Å². The van der Waals surface area contributed by atoms with Gasteiger partial charge < -0.3 is 13.9 Å². The molecule has 0 N–H and O–H groups in total. The quantitative estimate of drug-likeness (QED) is 0.156. The van der Waals surface area contributed by atoms with Crippen LogP contribution in [0.1, 0.15) is 0 Å². The maximum absolute atomic E-state index is 6.96. The van der Waals surface area contributed by atoms with E-state index in [4.69, 9.17) is 4.42 Å². The second-order valence-electron chi connectivity index (χ2n) is 16.4. The number of aromatic nitrogens is 1. The first kappa shape index (κ1) is 35.4. The maximum atomic E-state index is 6.96. The van der Waals surface area contributed by atoms with E-state index in [0.29, 0.717) is 0 Å². The van der Waals surface area contributed by atoms with E-state index < -0.39 is 0 Å². The zero-order valence-corrected chi connectivity index (χ0v) is 34.2. The van der Waals surface area contributed by atoms with Crippen LogP contribution in [0.3, 0.4) is 0 Å². The summed E-state index contributed by atoms with van der Waals surface area (Å²) in [5.74, 6) is 0. The van der Waals surface area contributed by atoms with Crippen molar-refractivity contribution in [3.63, 3.8) is 0 Å². The first-order valence-corrected chi connectivity index (χ1v) is 21.6. The Kier molecular flexibility index (Phi) is 7.91. The summed E-state index contributed by atoms with van der Waals surface area (Å²) in [5.41, 5.74) is 13.1. The van der Waals surface area contributed by atoms with E-state index in [-0.39, 0.29) is 0 Å². The molecule has 2 aromatic heterocycles. The molecular formula is C60H38N2O. The van der Waals surface area contributed by atoms with Crippen molar-refractivity contribution in [2.75, 3.05) is 4.90 Å². The van der Waals surface area contributed by atoms with E-state index in [9.17, 15) is 0 Å². The molecule has 0 bridgehead atoms. The molecule has 0 amide bonds. The summed E-state index contributed by atoms with van der Waals surface area (Å²) in [4.78, 5) is 2.39. The third-order valence-corrected chi connectivity index (χ3v) is 13.0. The molecule has 0 unspecified atom stereocenters. The van der Waals surface area contributed by atoms with Crippen LogP contribution in [0, 0.1) is 0 Å². The van der Waals surface area contributed by atoms with Gasteiger partial charge in [-0.15, -0.1) is 0 Å². The van der Waals surface area contributed by atoms with Gasteiger partial charge in [0, 0.05) is 44.0 Å². The van der Waals surface area contributed by atoms with Gasteiger partial charge in [-0.05, 0) is 122 Å². The van der Waals surface area contributed by atoms with Crippen LogP contribution in [0.2, 0.25) is 0 Å². The zero-order chi connectivity index (χ0) is 41.4. The second-order valence-corrected chi connectivity index (χ2v) is 16.4. The van der Waals surface area contributed by atoms with E-state index >= 15 is 0 Å². The van der Waals surface area contributed by atoms with Crippen LogP contribution in [0.4, 0.5) is 17.1 Å². The molecule has 3 nitrogen and oxygen atoms in total. The zero-order valence-electron chi connectivity index (χ0n) is 34.2. The summed E-state index contributed by atoms with van der Waals surface area (Å²) >= 11 is 0. The smallest absolute Gasteiger partial charge is 0.145 e. The van der Waals surface area contributed by atoms with Crippen molar-refractivity contribution in [3.8, 4) is 27.9 Å². The monoisotopic (exact) mass is 802 g/mol. The largest absolute Gasteiger partial charge is 0.455 e. The van der Waals surface area contributed by atoms with Gasteiger partial charge in [0.2, 0.25) is 0 Å². The molecule has 0 aliphatic carbocycles. The van der Waals surface area contributed by atoms with Gasteiger partial charge in [0.25, 0.3) is 0 Å². The fourth-order valence-corrected chi connectivity index (χ4v) is 10.1. The number of rotatable bonds is 6. The summed E-state index contributed by atoms with van der Waals surface area (Å²) in [6.07, 6.45) is 0. The van der Waals surface area contributed by atoms with Crippen LogP contribution in [0.25, 0.3) is 104 Å². The Morgan fingerprint density at radius 1 is 0.349 bits per heavy atom. The van der Waals surface area contributed by atoms with Gasteiger partial charge in [0.1, 0.15) is 11.2 Å². The fourth-order valence-electron chi connectivity index (χ4n) is 10.1. The Balaban J connectivity index is 1.02. The number of hydrogen-bond donors (Lipinski definition) is 0. The van der Waals surface area contributed by atoms with Crippen LogP contribution >= 0.6 is 0 Å². The van der Waals surface area contributed by atoms with Crippen molar-refractivity contribution >= 4 is 93.1 Å². The molecule has 13 rings (SSSR count). The Bertz CT molecular complexity index is 3840. The van der Waals surface area contributed by atoms with Crippen molar-refractivity contribution in [2.45, 2.75) is 0 Å². The van der Waals surface area contributed by atoms with E-state index in [1.165, 1.54) is 60.0 Å². The van der Waals surface area contributed by atoms with Gasteiger partial charge in [-0.3, -0.25) is 0 Å². The lowest BCUT2D eigenvalue weighted by Crippen LogP contribution is -2.10. The lowest BCUT2D eigenvalue weighted by molar-refractivity contribution is 0.673. The van der Waals surface area contributed by atoms with Crippen molar-refractivity contribution in [1.29, 1.82) is 0 Å². The van der Waals surface area contributed by atoms with Gasteiger partial charge in [0.05, 0.1) is 16.7 Å². The molecular weight excluding hydrogens is 765 g/mol. The number of anilines is 3. The summed E-state index contributed by atoms with van der Waals surface area (Å²) in [5, 5.41) is 11.9. The fraction of sp³-hybridized carbons (Fsp3) is 0. The Morgan fingerprint density at radius 2 is 0.937 bits per heavy atom. The third kappa shape index (κ3) is 5.53. The summed E-state index contributed by atoms with van der Waals surface area (Å²) in [6, 6.07) is 83.4. The minimum Gasteiger partial charge on any atom is -0.455 e. The molecule has 294 valence electrons. The molecule has 13 aromatic rings. The number of furan rings is 1. The molecule has 0 aliphatic rings. The molecule has 0 atom stereocenters. The molecule has 0 saturated heterocycles. The van der Waals surface area contributed by atoms with Crippen molar-refractivity contribution in [1.82, 2.24) is 4.57 Å². The van der Waals surface area contributed by atoms with E-state index in [0.717, 1.165) is 61.0 Å². The summed E-state index contributed by atoms with van der Waals surface area (Å²) in [7, 11) is 0. The minimum atomic E-state index is 0.877. The van der Waals surface area contributed by atoms with Crippen LogP contribution in [-0.4, -0.2) is 4.57 Å². The highest BCUT2D eigenvalue weighted by molar-refractivity contribution is 6.22. The average Bonchev–Trinajstić information content (AvgIpc) is 3.91. The van der Waals surface area contributed by atoms with Crippen LogP contribution in [-0.2, 0) is 0 Å². The van der Waals surface area contributed by atoms with E-state index in [2.05, 4.69) is 240 Å². The van der Waals surface area contributed by atoms with Crippen LogP contribution < -0.4 is 4.90 Å². The second kappa shape index (κ2) is 14.1. The number of benzene rings is 11. The number of para-hydroxylation sites is 2. The first-order chi connectivity index (χ1) is 31.3. The molecule has 11 aromatic carbocycles. The minimum absolute atomic E-state index is 0.877. The van der Waals surface area contributed by atoms with Crippen LogP contribution in [0.15, 0.2) is 235 Å². The standard InChI is InChI=1S/C60H38N2O/c1-2-14-39(15-3-1)47-23-13-27-57-59(47)52-37-30-41-17-12-26-56(58(41)60(52)63-57)61(44-33-35-45(36-34-44)62-54-24-10-8-21-50(54)51-22-9-11-25-55(51)62)43-31-28-40(29-32-43)53-38-42-16-4-5-18-46(42)48-19-6-7-20-49(48)53/h1-38H. The number of hydrogen-bond acceptors (Lipinski definition) is 2. The summed E-state index contributed by atoms with van der Waals surface area (Å²) < 4.78 is 9.34. The van der Waals surface area contributed by atoms with E-state index in [1.54, 1.807) is 0 Å². The molecule has 0 radical (unpaired) electrons. The van der Waals surface area contributed by atoms with Gasteiger partial charge >= 0.3 is 0 Å². The Hall–Kier alpha value is -8.40. The van der Waals surface area contributed by atoms with Gasteiger partial charge in [-0.1, -0.05) is 158 Å². The van der Waals surface area contributed by atoms with Gasteiger partial charge in [0.15, 0.2) is 0 Å². The lowest BCUT2D eigenvalue weighted by Gasteiger charge is -2.27. The predicted molar refractivity (Wildman–Crippen MR) is 266 cm³/mol. The Morgan fingerprint density at radius 3 is 1.68 bits per heavy atom. The Labute approximate surface area is 363 Å². The molecule has 63 heavy (non-hydrogen) atoms. The molecule has 3 heteroatoms. The maximum Gasteiger partial charge on any atom is 0.145 e. The highest BCUT2D eigenvalue weighted by atomic mass is 16.3. The molecule has 0 saturated carbocycles. The first-order valence-electron chi connectivity index (χ1n) is 21.6. The third-order valence-electron chi connectivity index (χ3n) is 13.0. The average molecular weight is 803 g/mol. The normalized spacial score (nSPS) is 11.8. The molecule has 0 fully saturated rings. The molecule has 0 spiro atoms. The summed E-state index contributed by atoms with van der Waals surface area (Å²) in [6.45, 7) is 0. The van der Waals surface area contributed by atoms with Gasteiger partial charge in [-0.25, -0.2) is 0 Å². The highest BCUT2D eigenvalue weighted by Crippen LogP contribution is 2.46. The predicted octanol–water partition coefficient (Wildman–Crippen LogP) is 16.9. The van der Waals surface area contributed by atoms with Crippen LogP contribution in [0.5, 0.6) is 0 Å². The molecule has 0 aliphatic heterocycles. The van der Waals surface area contributed by atoms with Crippen molar-refractivity contribution < 1.29 is 4.42 Å². The topological polar surface area (TPSA) is 21.3 Å². The highest BCUT2D eigenvalue weighted by Gasteiger charge is 2.22. The van der Waals surface area contributed by atoms with Gasteiger partial charge in [-0.2, -0.15) is 0 Å². The number of fused-ring (bicyclic) bond motifs is 11. The van der Waals surface area contributed by atoms with Crippen molar-refractivity contribution in [2.24, 2.45) is 0 Å². The van der Waals surface area contributed by atoms with E-state index in [1.807, 2.05) is 0 Å². The number of nitrogens with zero attached hydrogens (tertiary/aromatic N) is 2. The molecule has 2 heterocycles.